The summed E-state index contributed by atoms with van der Waals surface area (Å²) in [6.07, 6.45) is 0. The minimum Gasteiger partial charge on any atom is -0.310 e. The smallest absolute Gasteiger partial charge is 0.0562 e. The standard InChI is InChI=1S/C54H38N2/c1-6-18-39(19-7-1)43-26-16-29-47(35-43)55(49-36-44(40-20-8-2-9-21-40)34-45(37-49)41-22-10-3-11-23-41)48-32-33-51-53(38-48)56(46-27-14-5-15-28-46)52-31-17-30-50(54(51)52)42-24-12-4-13-25-42/h1-38H. The molecule has 0 radical (unpaired) electrons. The molecule has 0 saturated heterocycles. The minimum atomic E-state index is 1.08. The van der Waals surface area contributed by atoms with E-state index in [0.29, 0.717) is 0 Å². The minimum absolute atomic E-state index is 1.08. The second-order valence-electron chi connectivity index (χ2n) is 14.2. The Morgan fingerprint density at radius 3 is 1.38 bits per heavy atom. The molecule has 1 aromatic heterocycles. The van der Waals surface area contributed by atoms with Gasteiger partial charge in [0.05, 0.1) is 11.0 Å². The fourth-order valence-corrected chi connectivity index (χ4v) is 8.15. The lowest BCUT2D eigenvalue weighted by molar-refractivity contribution is 1.18. The Morgan fingerprint density at radius 2 is 0.768 bits per heavy atom. The van der Waals surface area contributed by atoms with Crippen molar-refractivity contribution in [2.75, 3.05) is 4.90 Å². The summed E-state index contributed by atoms with van der Waals surface area (Å²) >= 11 is 0. The molecule has 1 heterocycles. The lowest BCUT2D eigenvalue weighted by atomic mass is 9.97. The van der Waals surface area contributed by atoms with Crippen LogP contribution in [0.25, 0.3) is 72.0 Å². The van der Waals surface area contributed by atoms with Crippen molar-refractivity contribution in [1.82, 2.24) is 4.57 Å². The van der Waals surface area contributed by atoms with Crippen molar-refractivity contribution in [3.63, 3.8) is 0 Å². The van der Waals surface area contributed by atoms with Gasteiger partial charge in [0.25, 0.3) is 0 Å². The Bertz CT molecular complexity index is 2880. The van der Waals surface area contributed by atoms with E-state index < -0.39 is 0 Å². The van der Waals surface area contributed by atoms with Crippen LogP contribution in [0.15, 0.2) is 231 Å². The maximum absolute atomic E-state index is 2.43. The lowest BCUT2D eigenvalue weighted by Gasteiger charge is -2.27. The van der Waals surface area contributed by atoms with Gasteiger partial charge in [0, 0.05) is 33.5 Å². The molecule has 0 spiro atoms. The highest BCUT2D eigenvalue weighted by Gasteiger charge is 2.21. The summed E-state index contributed by atoms with van der Waals surface area (Å²) in [5.41, 5.74) is 16.2. The summed E-state index contributed by atoms with van der Waals surface area (Å²) in [7, 11) is 0. The Hall–Kier alpha value is -7.42. The van der Waals surface area contributed by atoms with Crippen LogP contribution in [0.4, 0.5) is 17.1 Å². The average molecular weight is 715 g/mol. The maximum Gasteiger partial charge on any atom is 0.0562 e. The number of nitrogens with zero attached hydrogens (tertiary/aromatic N) is 2. The normalized spacial score (nSPS) is 11.2. The van der Waals surface area contributed by atoms with Gasteiger partial charge in [-0.1, -0.05) is 170 Å². The first-order valence-corrected chi connectivity index (χ1v) is 19.2. The molecule has 2 heteroatoms. The largest absolute Gasteiger partial charge is 0.310 e. The van der Waals surface area contributed by atoms with Crippen LogP contribution in [0.3, 0.4) is 0 Å². The molecule has 2 nitrogen and oxygen atoms in total. The summed E-state index contributed by atoms with van der Waals surface area (Å²) < 4.78 is 2.43. The summed E-state index contributed by atoms with van der Waals surface area (Å²) in [6, 6.07) is 83.2. The Labute approximate surface area is 327 Å². The Balaban J connectivity index is 1.26. The van der Waals surface area contributed by atoms with Gasteiger partial charge >= 0.3 is 0 Å². The van der Waals surface area contributed by atoms with Gasteiger partial charge in [-0.25, -0.2) is 0 Å². The van der Waals surface area contributed by atoms with Gasteiger partial charge in [-0.3, -0.25) is 0 Å². The van der Waals surface area contributed by atoms with Gasteiger partial charge in [-0.05, 0) is 105 Å². The van der Waals surface area contributed by atoms with E-state index in [9.17, 15) is 0 Å². The van der Waals surface area contributed by atoms with E-state index in [1.807, 2.05) is 0 Å². The molecule has 0 N–H and O–H groups in total. The molecule has 0 atom stereocenters. The van der Waals surface area contributed by atoms with Crippen molar-refractivity contribution < 1.29 is 0 Å². The third kappa shape index (κ3) is 6.14. The molecule has 56 heavy (non-hydrogen) atoms. The van der Waals surface area contributed by atoms with Crippen molar-refractivity contribution in [2.45, 2.75) is 0 Å². The molecule has 0 saturated carbocycles. The zero-order valence-electron chi connectivity index (χ0n) is 30.8. The zero-order chi connectivity index (χ0) is 37.3. The number of anilines is 3. The molecule has 0 amide bonds. The molecule has 0 aliphatic heterocycles. The Morgan fingerprint density at radius 1 is 0.286 bits per heavy atom. The van der Waals surface area contributed by atoms with Crippen LogP contribution in [0, 0.1) is 0 Å². The highest BCUT2D eigenvalue weighted by atomic mass is 15.1. The van der Waals surface area contributed by atoms with Crippen LogP contribution in [0.2, 0.25) is 0 Å². The average Bonchev–Trinajstić information content (AvgIpc) is 3.62. The van der Waals surface area contributed by atoms with E-state index >= 15 is 0 Å². The van der Waals surface area contributed by atoms with E-state index in [1.54, 1.807) is 0 Å². The Kier molecular flexibility index (Phi) is 8.55. The van der Waals surface area contributed by atoms with Gasteiger partial charge < -0.3 is 9.47 Å². The van der Waals surface area contributed by atoms with E-state index in [0.717, 1.165) is 39.4 Å². The molecular weight excluding hydrogens is 677 g/mol. The summed E-state index contributed by atoms with van der Waals surface area (Å²) in [5, 5.41) is 2.47. The molecule has 0 aliphatic carbocycles. The topological polar surface area (TPSA) is 8.17 Å². The molecule has 10 aromatic rings. The van der Waals surface area contributed by atoms with Crippen LogP contribution < -0.4 is 4.90 Å². The third-order valence-corrected chi connectivity index (χ3v) is 10.7. The van der Waals surface area contributed by atoms with Gasteiger partial charge in [-0.15, -0.1) is 0 Å². The number of fused-ring (bicyclic) bond motifs is 3. The second kappa shape index (κ2) is 14.4. The number of benzene rings is 9. The SMILES string of the molecule is c1ccc(-c2cccc(N(c3cc(-c4ccccc4)cc(-c4ccccc4)c3)c3ccc4c5c(-c6ccccc6)cccc5n(-c5ccccc5)c4c3)c2)cc1. The second-order valence-corrected chi connectivity index (χ2v) is 14.2. The van der Waals surface area contributed by atoms with Crippen LogP contribution in [-0.2, 0) is 0 Å². The van der Waals surface area contributed by atoms with E-state index in [-0.39, 0.29) is 0 Å². The van der Waals surface area contributed by atoms with Gasteiger partial charge in [0.15, 0.2) is 0 Å². The fraction of sp³-hybridized carbons (Fsp3) is 0. The molecule has 0 aliphatic rings. The van der Waals surface area contributed by atoms with E-state index in [1.165, 1.54) is 49.7 Å². The molecule has 0 fully saturated rings. The number of aromatic nitrogens is 1. The quantitative estimate of drug-likeness (QED) is 0.152. The number of rotatable bonds is 8. The van der Waals surface area contributed by atoms with Gasteiger partial charge in [0.1, 0.15) is 0 Å². The van der Waals surface area contributed by atoms with Crippen molar-refractivity contribution in [3.8, 4) is 50.2 Å². The van der Waals surface area contributed by atoms with Crippen molar-refractivity contribution in [2.24, 2.45) is 0 Å². The maximum atomic E-state index is 2.43. The molecule has 0 bridgehead atoms. The molecule has 264 valence electrons. The molecule has 0 unspecified atom stereocenters. The number of hydrogen-bond donors (Lipinski definition) is 0. The predicted octanol–water partition coefficient (Wildman–Crippen LogP) is 14.9. The van der Waals surface area contributed by atoms with Crippen LogP contribution in [-0.4, -0.2) is 4.57 Å². The number of hydrogen-bond acceptors (Lipinski definition) is 1. The monoisotopic (exact) mass is 714 g/mol. The van der Waals surface area contributed by atoms with Crippen molar-refractivity contribution in [3.05, 3.63) is 231 Å². The first-order valence-electron chi connectivity index (χ1n) is 19.2. The van der Waals surface area contributed by atoms with Crippen LogP contribution in [0.1, 0.15) is 0 Å². The van der Waals surface area contributed by atoms with E-state index in [4.69, 9.17) is 0 Å². The summed E-state index contributed by atoms with van der Waals surface area (Å²) in [5.74, 6) is 0. The van der Waals surface area contributed by atoms with Crippen molar-refractivity contribution >= 4 is 38.9 Å². The highest BCUT2D eigenvalue weighted by molar-refractivity contribution is 6.16. The number of para-hydroxylation sites is 1. The van der Waals surface area contributed by atoms with Crippen LogP contribution in [0.5, 0.6) is 0 Å². The van der Waals surface area contributed by atoms with Crippen LogP contribution >= 0.6 is 0 Å². The lowest BCUT2D eigenvalue weighted by Crippen LogP contribution is -2.11. The molecule has 10 rings (SSSR count). The predicted molar refractivity (Wildman–Crippen MR) is 237 cm³/mol. The zero-order valence-corrected chi connectivity index (χ0v) is 30.8. The first kappa shape index (κ1) is 33.2. The van der Waals surface area contributed by atoms with Gasteiger partial charge in [-0.2, -0.15) is 0 Å². The molecular formula is C54H38N2. The molecule has 9 aromatic carbocycles. The van der Waals surface area contributed by atoms with E-state index in [2.05, 4.69) is 240 Å². The van der Waals surface area contributed by atoms with Gasteiger partial charge in [0.2, 0.25) is 0 Å². The highest BCUT2D eigenvalue weighted by Crippen LogP contribution is 2.44. The fourth-order valence-electron chi connectivity index (χ4n) is 8.15. The summed E-state index contributed by atoms with van der Waals surface area (Å²) in [6.45, 7) is 0. The summed E-state index contributed by atoms with van der Waals surface area (Å²) in [4.78, 5) is 2.43. The first-order chi connectivity index (χ1) is 27.8. The van der Waals surface area contributed by atoms with Crippen molar-refractivity contribution in [1.29, 1.82) is 0 Å². The third-order valence-electron chi connectivity index (χ3n) is 10.7.